The minimum absolute atomic E-state index is 0.0818. The van der Waals surface area contributed by atoms with Gasteiger partial charge < -0.3 is 0 Å². The molecule has 0 saturated heterocycles. The van der Waals surface area contributed by atoms with Crippen LogP contribution in [-0.4, -0.2) is 19.8 Å². The van der Waals surface area contributed by atoms with E-state index in [0.29, 0.717) is 0 Å². The van der Waals surface area contributed by atoms with Gasteiger partial charge in [0.1, 0.15) is 6.61 Å². The van der Waals surface area contributed by atoms with E-state index in [1.54, 1.807) is 6.08 Å². The summed E-state index contributed by atoms with van der Waals surface area (Å²) in [5.74, 6) is 2.19. The molecule has 0 heterocycles. The Labute approximate surface area is 77.5 Å². The normalized spacial score (nSPS) is 24.5. The van der Waals surface area contributed by atoms with Crippen molar-refractivity contribution < 1.29 is 18.1 Å². The summed E-state index contributed by atoms with van der Waals surface area (Å²) in [5.41, 5.74) is 0. The van der Waals surface area contributed by atoms with Crippen molar-refractivity contribution in [3.8, 4) is 12.3 Å². The zero-order valence-corrected chi connectivity index (χ0v) is 8.20. The van der Waals surface area contributed by atoms with Crippen LogP contribution in [0.5, 0.6) is 0 Å². The number of phosphoric acid groups is 1. The van der Waals surface area contributed by atoms with Gasteiger partial charge in [-0.3, -0.25) is 13.6 Å². The van der Waals surface area contributed by atoms with E-state index in [4.69, 9.17) is 15.5 Å². The summed E-state index contributed by atoms with van der Waals surface area (Å²) in [6, 6.07) is 0. The monoisotopic (exact) mass is 202 g/mol. The van der Waals surface area contributed by atoms with Crippen LogP contribution in [-0.2, 0) is 18.1 Å². The van der Waals surface area contributed by atoms with Gasteiger partial charge in [-0.15, -0.1) is 6.42 Å². The van der Waals surface area contributed by atoms with Crippen molar-refractivity contribution in [1.82, 2.24) is 0 Å². The lowest BCUT2D eigenvalue weighted by atomic mass is 10.1. The second kappa shape index (κ2) is 4.59. The van der Waals surface area contributed by atoms with Gasteiger partial charge in [0.05, 0.1) is 6.10 Å². The zero-order chi connectivity index (χ0) is 9.73. The van der Waals surface area contributed by atoms with Gasteiger partial charge in [-0.2, -0.15) is 0 Å². The number of terminal acetylenes is 1. The molecular weight excluding hydrogens is 191 g/mol. The summed E-state index contributed by atoms with van der Waals surface area (Å²) in [4.78, 5) is 0. The highest BCUT2D eigenvalue weighted by molar-refractivity contribution is 7.48. The van der Waals surface area contributed by atoms with Crippen molar-refractivity contribution in [3.05, 3.63) is 12.2 Å². The second-order valence-corrected chi connectivity index (χ2v) is 4.14. The van der Waals surface area contributed by atoms with Crippen LogP contribution in [0.3, 0.4) is 0 Å². The van der Waals surface area contributed by atoms with Gasteiger partial charge in [0.2, 0.25) is 0 Å². The van der Waals surface area contributed by atoms with Crippen LogP contribution in [0.4, 0.5) is 0 Å². The standard InChI is InChI=1S/C8H11O4P/c1-3-7-11-13(9,10-2)12-8-5-4-6-8/h1,4-5,8H,6-7H2,2H3. The molecule has 0 N–H and O–H groups in total. The van der Waals surface area contributed by atoms with Crippen LogP contribution in [0.15, 0.2) is 12.2 Å². The average Bonchev–Trinajstić information content (AvgIpc) is 2.08. The highest BCUT2D eigenvalue weighted by atomic mass is 31.2. The van der Waals surface area contributed by atoms with E-state index in [9.17, 15) is 4.57 Å². The Morgan fingerprint density at radius 2 is 2.46 bits per heavy atom. The van der Waals surface area contributed by atoms with E-state index >= 15 is 0 Å². The van der Waals surface area contributed by atoms with Crippen molar-refractivity contribution in [2.24, 2.45) is 0 Å². The molecule has 0 aliphatic heterocycles. The summed E-state index contributed by atoms with van der Waals surface area (Å²) < 4.78 is 26.0. The third-order valence-corrected chi connectivity index (χ3v) is 2.93. The molecule has 1 aliphatic carbocycles. The van der Waals surface area contributed by atoms with Crippen LogP contribution >= 0.6 is 7.82 Å². The molecular formula is C8H11O4P. The third kappa shape index (κ3) is 2.98. The predicted octanol–water partition coefficient (Wildman–Crippen LogP) is 1.74. The summed E-state index contributed by atoms with van der Waals surface area (Å²) in [6.45, 7) is -0.0818. The van der Waals surface area contributed by atoms with Gasteiger partial charge in [0.15, 0.2) is 0 Å². The molecule has 0 amide bonds. The van der Waals surface area contributed by atoms with Gasteiger partial charge in [0.25, 0.3) is 0 Å². The van der Waals surface area contributed by atoms with Crippen molar-refractivity contribution >= 4 is 7.82 Å². The fourth-order valence-electron chi connectivity index (χ4n) is 0.734. The minimum Gasteiger partial charge on any atom is -0.290 e. The number of hydrogen-bond acceptors (Lipinski definition) is 4. The fourth-order valence-corrected chi connectivity index (χ4v) is 1.71. The largest absolute Gasteiger partial charge is 0.476 e. The van der Waals surface area contributed by atoms with E-state index in [1.165, 1.54) is 7.11 Å². The maximum Gasteiger partial charge on any atom is 0.476 e. The molecule has 13 heavy (non-hydrogen) atoms. The molecule has 0 aromatic heterocycles. The summed E-state index contributed by atoms with van der Waals surface area (Å²) in [5, 5.41) is 0. The first-order valence-corrected chi connectivity index (χ1v) is 5.25. The molecule has 0 spiro atoms. The van der Waals surface area contributed by atoms with Crippen LogP contribution in [0.1, 0.15) is 6.42 Å². The number of hydrogen-bond donors (Lipinski definition) is 0. The maximum atomic E-state index is 11.5. The van der Waals surface area contributed by atoms with E-state index in [2.05, 4.69) is 10.4 Å². The Kier molecular flexibility index (Phi) is 3.71. The Bertz CT molecular complexity index is 278. The van der Waals surface area contributed by atoms with Crippen LogP contribution < -0.4 is 0 Å². The Balaban J connectivity index is 2.43. The molecule has 72 valence electrons. The second-order valence-electron chi connectivity index (χ2n) is 2.42. The molecule has 0 aromatic rings. The first kappa shape index (κ1) is 10.5. The van der Waals surface area contributed by atoms with Crippen LogP contribution in [0.2, 0.25) is 0 Å². The molecule has 0 saturated carbocycles. The lowest BCUT2D eigenvalue weighted by Crippen LogP contribution is -2.14. The van der Waals surface area contributed by atoms with Crippen molar-refractivity contribution in [2.45, 2.75) is 12.5 Å². The van der Waals surface area contributed by atoms with Gasteiger partial charge in [0, 0.05) is 7.11 Å². The highest BCUT2D eigenvalue weighted by Gasteiger charge is 2.29. The van der Waals surface area contributed by atoms with E-state index in [-0.39, 0.29) is 12.7 Å². The molecule has 1 rings (SSSR count). The average molecular weight is 202 g/mol. The number of phosphoric ester groups is 1. The van der Waals surface area contributed by atoms with Crippen molar-refractivity contribution in [1.29, 1.82) is 0 Å². The molecule has 5 heteroatoms. The molecule has 2 unspecified atom stereocenters. The highest BCUT2D eigenvalue weighted by Crippen LogP contribution is 2.50. The van der Waals surface area contributed by atoms with Gasteiger partial charge in [-0.1, -0.05) is 18.1 Å². The van der Waals surface area contributed by atoms with Crippen LogP contribution in [0, 0.1) is 12.3 Å². The fraction of sp³-hybridized carbons (Fsp3) is 0.500. The molecule has 2 atom stereocenters. The molecule has 0 radical (unpaired) electrons. The molecule has 0 fully saturated rings. The summed E-state index contributed by atoms with van der Waals surface area (Å²) in [6.07, 6.45) is 9.19. The predicted molar refractivity (Wildman–Crippen MR) is 48.0 cm³/mol. The quantitative estimate of drug-likeness (QED) is 0.387. The topological polar surface area (TPSA) is 44.8 Å². The van der Waals surface area contributed by atoms with Gasteiger partial charge in [-0.25, -0.2) is 4.57 Å². The van der Waals surface area contributed by atoms with Crippen LogP contribution in [0.25, 0.3) is 0 Å². The molecule has 0 aromatic carbocycles. The smallest absolute Gasteiger partial charge is 0.290 e. The first-order valence-electron chi connectivity index (χ1n) is 3.79. The van der Waals surface area contributed by atoms with Gasteiger partial charge >= 0.3 is 7.82 Å². The zero-order valence-electron chi connectivity index (χ0n) is 7.30. The van der Waals surface area contributed by atoms with E-state index in [0.717, 1.165) is 6.42 Å². The van der Waals surface area contributed by atoms with Crippen molar-refractivity contribution in [2.75, 3.05) is 13.7 Å². The Morgan fingerprint density at radius 1 is 1.77 bits per heavy atom. The SMILES string of the molecule is C#CCOP(=O)(OC)OC1C=CC1. The van der Waals surface area contributed by atoms with Gasteiger partial charge in [-0.05, 0) is 6.42 Å². The molecule has 1 aliphatic rings. The summed E-state index contributed by atoms with van der Waals surface area (Å²) >= 11 is 0. The van der Waals surface area contributed by atoms with Crippen molar-refractivity contribution in [3.63, 3.8) is 0 Å². The van der Waals surface area contributed by atoms with E-state index < -0.39 is 7.82 Å². The summed E-state index contributed by atoms with van der Waals surface area (Å²) in [7, 11) is -2.17. The lowest BCUT2D eigenvalue weighted by molar-refractivity contribution is 0.113. The Hall–Kier alpha value is -0.590. The Morgan fingerprint density at radius 3 is 2.85 bits per heavy atom. The molecule has 4 nitrogen and oxygen atoms in total. The maximum absolute atomic E-state index is 11.5. The number of rotatable bonds is 5. The first-order chi connectivity index (χ1) is 6.20. The lowest BCUT2D eigenvalue weighted by Gasteiger charge is -2.22. The third-order valence-electron chi connectivity index (χ3n) is 1.51. The minimum atomic E-state index is -3.43. The van der Waals surface area contributed by atoms with E-state index in [1.807, 2.05) is 6.08 Å². The molecule has 0 bridgehead atoms.